The second kappa shape index (κ2) is 8.52. The molecule has 0 atom stereocenters. The first-order valence-electron chi connectivity index (χ1n) is 9.40. The van der Waals surface area contributed by atoms with Crippen LogP contribution in [0.25, 0.3) is 0 Å². The van der Waals surface area contributed by atoms with Crippen LogP contribution in [-0.4, -0.2) is 56.3 Å². The van der Waals surface area contributed by atoms with Crippen LogP contribution in [0.5, 0.6) is 5.88 Å². The molecule has 0 fully saturated rings. The summed E-state index contributed by atoms with van der Waals surface area (Å²) in [6.45, 7) is 3.60. The van der Waals surface area contributed by atoms with Gasteiger partial charge in [-0.25, -0.2) is 9.29 Å². The zero-order valence-corrected chi connectivity index (χ0v) is 17.3. The van der Waals surface area contributed by atoms with Gasteiger partial charge in [-0.2, -0.15) is 13.1 Å². The third-order valence-electron chi connectivity index (χ3n) is 4.62. The van der Waals surface area contributed by atoms with E-state index in [1.54, 1.807) is 13.8 Å². The molecule has 1 aromatic rings. The van der Waals surface area contributed by atoms with E-state index in [4.69, 9.17) is 4.74 Å². The molecule has 3 N–H and O–H groups in total. The third kappa shape index (κ3) is 5.14. The van der Waals surface area contributed by atoms with Gasteiger partial charge in [-0.15, -0.1) is 0 Å². The van der Waals surface area contributed by atoms with Crippen molar-refractivity contribution < 1.29 is 23.1 Å². The minimum absolute atomic E-state index is 0.107. The topological polar surface area (TPSA) is 121 Å². The number of allylic oxidation sites excluding steroid dienone is 3. The average molecular weight is 423 g/mol. The maximum absolute atomic E-state index is 12.9. The van der Waals surface area contributed by atoms with Crippen molar-refractivity contribution in [3.63, 3.8) is 0 Å². The third-order valence-corrected chi connectivity index (χ3v) is 6.08. The van der Waals surface area contributed by atoms with Gasteiger partial charge in [-0.3, -0.25) is 4.79 Å². The number of hydrogen-bond acceptors (Lipinski definition) is 6. The number of carbonyl (C=O) groups excluding carboxylic acids is 1. The number of nitrogens with zero attached hydrogens (tertiary/aromatic N) is 2. The highest BCUT2D eigenvalue weighted by Crippen LogP contribution is 2.32. The fourth-order valence-corrected chi connectivity index (χ4v) is 4.16. The van der Waals surface area contributed by atoms with Gasteiger partial charge in [0, 0.05) is 12.7 Å². The molecule has 2 aliphatic rings. The molecule has 0 aromatic carbocycles. The summed E-state index contributed by atoms with van der Waals surface area (Å²) in [5.74, 6) is -0.311. The minimum Gasteiger partial charge on any atom is -0.474 e. The number of carbonyl (C=O) groups is 1. The minimum atomic E-state index is -3.85. The lowest BCUT2D eigenvalue weighted by Gasteiger charge is -2.30. The lowest BCUT2D eigenvalue weighted by molar-refractivity contribution is 0.0869. The van der Waals surface area contributed by atoms with Gasteiger partial charge in [0.05, 0.1) is 24.3 Å². The number of rotatable bonds is 7. The van der Waals surface area contributed by atoms with Gasteiger partial charge in [-0.05, 0) is 32.8 Å². The van der Waals surface area contributed by atoms with Crippen molar-refractivity contribution in [2.24, 2.45) is 0 Å². The molecule has 3 rings (SSSR count). The number of amides is 1. The van der Waals surface area contributed by atoms with Crippen LogP contribution < -0.4 is 19.1 Å². The molecule has 1 aliphatic heterocycles. The summed E-state index contributed by atoms with van der Waals surface area (Å²) in [6.07, 6.45) is 8.88. The first kappa shape index (κ1) is 21.3. The van der Waals surface area contributed by atoms with Crippen molar-refractivity contribution >= 4 is 21.8 Å². The van der Waals surface area contributed by atoms with Crippen LogP contribution in [0.4, 0.5) is 5.69 Å². The van der Waals surface area contributed by atoms with Gasteiger partial charge < -0.3 is 15.2 Å². The number of nitrogens with one attached hydrogen (secondary N) is 2. The molecule has 9 nitrogen and oxygen atoms in total. The quantitative estimate of drug-likeness (QED) is 0.600. The van der Waals surface area contributed by atoms with Gasteiger partial charge in [0.1, 0.15) is 12.3 Å². The lowest BCUT2D eigenvalue weighted by atomic mass is 10.1. The number of fused-ring (bicyclic) bond motifs is 1. The average Bonchev–Trinajstić information content (AvgIpc) is 2.72. The molecule has 0 saturated carbocycles. The number of aliphatic hydroxyl groups is 1. The van der Waals surface area contributed by atoms with Crippen LogP contribution in [0.15, 0.2) is 36.1 Å². The second-order valence-electron chi connectivity index (χ2n) is 7.58. The van der Waals surface area contributed by atoms with E-state index >= 15 is 0 Å². The Kier molecular flexibility index (Phi) is 6.25. The highest BCUT2D eigenvalue weighted by atomic mass is 32.2. The van der Waals surface area contributed by atoms with E-state index in [1.165, 1.54) is 16.6 Å². The number of pyridine rings is 1. The van der Waals surface area contributed by atoms with Gasteiger partial charge in [-0.1, -0.05) is 23.8 Å². The number of anilines is 1. The number of aliphatic hydroxyl groups excluding tert-OH is 1. The van der Waals surface area contributed by atoms with E-state index in [9.17, 15) is 18.3 Å². The fraction of sp³-hybridized carbons (Fsp3) is 0.474. The van der Waals surface area contributed by atoms with Crippen LogP contribution >= 0.6 is 0 Å². The zero-order valence-electron chi connectivity index (χ0n) is 16.5. The maximum atomic E-state index is 12.9. The van der Waals surface area contributed by atoms with Crippen LogP contribution in [0.3, 0.4) is 0 Å². The summed E-state index contributed by atoms with van der Waals surface area (Å²) in [5.41, 5.74) is 0.563. The van der Waals surface area contributed by atoms with Crippen LogP contribution in [-0.2, 0) is 10.2 Å². The first-order valence-corrected chi connectivity index (χ1v) is 10.8. The summed E-state index contributed by atoms with van der Waals surface area (Å²) in [4.78, 5) is 16.6. The van der Waals surface area contributed by atoms with E-state index in [2.05, 4.69) is 15.0 Å². The Labute approximate surface area is 170 Å². The molecular weight excluding hydrogens is 396 g/mol. The Hall–Kier alpha value is -2.43. The van der Waals surface area contributed by atoms with Crippen molar-refractivity contribution in [1.29, 1.82) is 0 Å². The summed E-state index contributed by atoms with van der Waals surface area (Å²) in [5, 5.41) is 12.0. The maximum Gasteiger partial charge on any atom is 0.302 e. The predicted molar refractivity (Wildman–Crippen MR) is 109 cm³/mol. The number of ether oxygens (including phenoxy) is 1. The highest BCUT2D eigenvalue weighted by molar-refractivity contribution is 7.90. The molecule has 0 saturated heterocycles. The Balaban J connectivity index is 1.81. The normalized spacial score (nSPS) is 16.7. The van der Waals surface area contributed by atoms with Gasteiger partial charge in [0.2, 0.25) is 5.88 Å². The van der Waals surface area contributed by atoms with Crippen molar-refractivity contribution in [2.45, 2.75) is 32.2 Å². The first-order chi connectivity index (χ1) is 13.7. The largest absolute Gasteiger partial charge is 0.474 e. The van der Waals surface area contributed by atoms with Gasteiger partial charge >= 0.3 is 10.2 Å². The molecule has 1 aromatic heterocycles. The van der Waals surface area contributed by atoms with Gasteiger partial charge in [0.25, 0.3) is 5.91 Å². The van der Waals surface area contributed by atoms with E-state index in [1.807, 2.05) is 18.2 Å². The van der Waals surface area contributed by atoms with Crippen LogP contribution in [0, 0.1) is 0 Å². The molecule has 10 heteroatoms. The molecule has 29 heavy (non-hydrogen) atoms. The molecular formula is C19H26N4O5S. The van der Waals surface area contributed by atoms with E-state index < -0.39 is 21.7 Å². The number of aromatic nitrogens is 1. The lowest BCUT2D eigenvalue weighted by Crippen LogP contribution is -2.47. The summed E-state index contributed by atoms with van der Waals surface area (Å²) >= 11 is 0. The Bertz CT molecular complexity index is 940. The monoisotopic (exact) mass is 422 g/mol. The predicted octanol–water partition coefficient (Wildman–Crippen LogP) is 0.892. The van der Waals surface area contributed by atoms with Crippen molar-refractivity contribution in [3.8, 4) is 5.88 Å². The Morgan fingerprint density at radius 3 is 2.90 bits per heavy atom. The number of hydrogen-bond donors (Lipinski definition) is 3. The van der Waals surface area contributed by atoms with Gasteiger partial charge in [0.15, 0.2) is 0 Å². The Morgan fingerprint density at radius 1 is 1.41 bits per heavy atom. The van der Waals surface area contributed by atoms with Crippen LogP contribution in [0.2, 0.25) is 0 Å². The molecule has 1 aliphatic carbocycles. The molecule has 158 valence electrons. The molecule has 1 amide bonds. The summed E-state index contributed by atoms with van der Waals surface area (Å²) < 4.78 is 35.0. The van der Waals surface area contributed by atoms with E-state index in [0.717, 1.165) is 18.4 Å². The molecule has 0 unspecified atom stereocenters. The van der Waals surface area contributed by atoms with E-state index in [0.29, 0.717) is 0 Å². The van der Waals surface area contributed by atoms with E-state index in [-0.39, 0.29) is 43.4 Å². The SMILES string of the molecule is CC(C)(CO)NC(=O)c1cnc2c(c1)N(S(=O)(=O)NCC1=CC=CCC1)CCO2. The molecule has 0 bridgehead atoms. The van der Waals surface area contributed by atoms with Crippen molar-refractivity contribution in [1.82, 2.24) is 15.0 Å². The zero-order chi connectivity index (χ0) is 21.1. The second-order valence-corrected chi connectivity index (χ2v) is 9.26. The fourth-order valence-electron chi connectivity index (χ4n) is 2.93. The van der Waals surface area contributed by atoms with Crippen molar-refractivity contribution in [3.05, 3.63) is 41.6 Å². The van der Waals surface area contributed by atoms with Crippen molar-refractivity contribution in [2.75, 3.05) is 30.6 Å². The molecule has 2 heterocycles. The standard InChI is InChI=1S/C19H26N4O5S/c1-19(2,13-24)22-17(25)15-10-16-18(20-12-15)28-9-8-23(16)29(26,27)21-11-14-6-4-3-5-7-14/h3-4,6,10,12,21,24H,5,7-9,11,13H2,1-2H3,(H,22,25). The molecule has 0 radical (unpaired) electrons. The molecule has 0 spiro atoms. The smallest absolute Gasteiger partial charge is 0.302 e. The van der Waals surface area contributed by atoms with Crippen LogP contribution in [0.1, 0.15) is 37.0 Å². The summed E-state index contributed by atoms with van der Waals surface area (Å²) in [7, 11) is -3.85. The Morgan fingerprint density at radius 2 is 2.21 bits per heavy atom. The highest BCUT2D eigenvalue weighted by Gasteiger charge is 2.31. The summed E-state index contributed by atoms with van der Waals surface area (Å²) in [6, 6.07) is 1.44.